The van der Waals surface area contributed by atoms with Crippen molar-refractivity contribution in [3.63, 3.8) is 0 Å². The fraction of sp³-hybridized carbons (Fsp3) is 0.500. The summed E-state index contributed by atoms with van der Waals surface area (Å²) in [5.41, 5.74) is 1.77. The first kappa shape index (κ1) is 29.4. The monoisotopic (exact) mass is 654 g/mol. The predicted octanol–water partition coefficient (Wildman–Crippen LogP) is 2.52. The number of aliphatic hydroxyl groups excluding tert-OH is 3. The Bertz CT molecular complexity index is 1160. The van der Waals surface area contributed by atoms with Crippen LogP contribution >= 0.6 is 22.6 Å². The van der Waals surface area contributed by atoms with Gasteiger partial charge in [0.15, 0.2) is 11.5 Å². The second kappa shape index (κ2) is 13.6. The second-order valence-corrected chi connectivity index (χ2v) is 11.0. The molecule has 3 atom stereocenters. The molecule has 0 spiro atoms. The largest absolute Gasteiger partial charge is 0.493 e. The highest BCUT2D eigenvalue weighted by Gasteiger charge is 2.42. The van der Waals surface area contributed by atoms with Gasteiger partial charge >= 0.3 is 0 Å². The molecule has 1 heterocycles. The zero-order chi connectivity index (χ0) is 27.9. The van der Waals surface area contributed by atoms with E-state index in [1.807, 2.05) is 0 Å². The van der Waals surface area contributed by atoms with Gasteiger partial charge in [-0.05, 0) is 65.3 Å². The molecule has 2 amide bonds. The summed E-state index contributed by atoms with van der Waals surface area (Å²) in [5, 5.41) is 33.2. The van der Waals surface area contributed by atoms with Gasteiger partial charge in [-0.25, -0.2) is 0 Å². The summed E-state index contributed by atoms with van der Waals surface area (Å²) in [6.45, 7) is -0.104. The Morgan fingerprint density at radius 2 is 1.97 bits per heavy atom. The molecular weight excluding hydrogens is 619 g/mol. The normalized spacial score (nSPS) is 21.4. The Morgan fingerprint density at radius 1 is 1.21 bits per heavy atom. The molecule has 212 valence electrons. The van der Waals surface area contributed by atoms with Crippen molar-refractivity contribution in [2.75, 3.05) is 20.3 Å². The summed E-state index contributed by atoms with van der Waals surface area (Å²) in [6, 6.07) is 4.42. The van der Waals surface area contributed by atoms with Gasteiger partial charge in [0.2, 0.25) is 11.8 Å². The third-order valence-corrected chi connectivity index (χ3v) is 8.06. The highest BCUT2D eigenvalue weighted by Crippen LogP contribution is 2.38. The van der Waals surface area contributed by atoms with Crippen molar-refractivity contribution in [2.24, 2.45) is 5.92 Å². The lowest BCUT2D eigenvalue weighted by Crippen LogP contribution is -2.55. The van der Waals surface area contributed by atoms with Gasteiger partial charge < -0.3 is 39.4 Å². The van der Waals surface area contributed by atoms with Crippen LogP contribution in [0.25, 0.3) is 0 Å². The molecule has 10 nitrogen and oxygen atoms in total. The van der Waals surface area contributed by atoms with Crippen LogP contribution in [0.5, 0.6) is 11.5 Å². The van der Waals surface area contributed by atoms with Crippen LogP contribution < -0.4 is 14.8 Å². The lowest BCUT2D eigenvalue weighted by atomic mass is 9.87. The van der Waals surface area contributed by atoms with Gasteiger partial charge in [0, 0.05) is 36.6 Å². The van der Waals surface area contributed by atoms with Gasteiger partial charge in [-0.3, -0.25) is 9.59 Å². The Hall–Kier alpha value is -2.61. The van der Waals surface area contributed by atoms with E-state index in [1.165, 1.54) is 13.4 Å². The Morgan fingerprint density at radius 3 is 2.62 bits per heavy atom. The van der Waals surface area contributed by atoms with Crippen molar-refractivity contribution in [3.05, 3.63) is 57.1 Å². The summed E-state index contributed by atoms with van der Waals surface area (Å²) < 4.78 is 17.7. The number of carbonyl (C=O) groups is 2. The van der Waals surface area contributed by atoms with E-state index in [0.29, 0.717) is 26.2 Å². The molecule has 1 aromatic heterocycles. The van der Waals surface area contributed by atoms with Gasteiger partial charge in [0.25, 0.3) is 0 Å². The number of rotatable bonds is 11. The molecule has 4 N–H and O–H groups in total. The zero-order valence-electron chi connectivity index (χ0n) is 21.8. The molecule has 4 rings (SSSR count). The van der Waals surface area contributed by atoms with Crippen LogP contribution in [0.2, 0.25) is 0 Å². The number of carbonyl (C=O) groups excluding carboxylic acids is 2. The smallest absolute Gasteiger partial charge is 0.247 e. The van der Waals surface area contributed by atoms with Crippen LogP contribution in [0.1, 0.15) is 43.2 Å². The fourth-order valence-corrected chi connectivity index (χ4v) is 6.03. The van der Waals surface area contributed by atoms with Crippen LogP contribution in [-0.4, -0.2) is 70.5 Å². The fourth-order valence-electron chi connectivity index (χ4n) is 5.24. The minimum Gasteiger partial charge on any atom is -0.493 e. The summed E-state index contributed by atoms with van der Waals surface area (Å²) in [4.78, 5) is 28.5. The van der Waals surface area contributed by atoms with Crippen molar-refractivity contribution in [1.82, 2.24) is 10.2 Å². The van der Waals surface area contributed by atoms with Crippen LogP contribution in [0.3, 0.4) is 0 Å². The first-order chi connectivity index (χ1) is 18.9. The zero-order valence-corrected chi connectivity index (χ0v) is 24.0. The van der Waals surface area contributed by atoms with E-state index in [-0.39, 0.29) is 44.5 Å². The minimum absolute atomic E-state index is 0.0621. The standard InChI is InChI=1S/C28H35IN2O8/c1-37-24-11-18(15-33)10-21(29)26(24)39-23-13-20(27(35)30-7-8-32)12-22(25(23)34)31(14-17-6-9-38-16-17)28(36)19-4-2-3-5-19/h6,9-11,13,16,19,22-23,25,32-34H,2-5,7-8,12,14-15H2,1H3,(H,30,35). The highest BCUT2D eigenvalue weighted by atomic mass is 127. The van der Waals surface area contributed by atoms with E-state index in [9.17, 15) is 24.9 Å². The van der Waals surface area contributed by atoms with Gasteiger partial charge in [0.05, 0.1) is 42.5 Å². The number of methoxy groups -OCH3 is 1. The third kappa shape index (κ3) is 6.94. The molecule has 0 aliphatic heterocycles. The van der Waals surface area contributed by atoms with Crippen molar-refractivity contribution < 1.29 is 38.8 Å². The molecule has 2 aliphatic carbocycles. The number of aliphatic hydroxyl groups is 3. The van der Waals surface area contributed by atoms with Crippen molar-refractivity contribution in [1.29, 1.82) is 0 Å². The second-order valence-electron chi connectivity index (χ2n) is 9.86. The molecule has 2 aliphatic rings. The van der Waals surface area contributed by atoms with Crippen LogP contribution in [-0.2, 0) is 22.7 Å². The number of benzene rings is 1. The van der Waals surface area contributed by atoms with Gasteiger partial charge in [0.1, 0.15) is 12.2 Å². The Kier molecular flexibility index (Phi) is 10.3. The number of nitrogens with one attached hydrogen (secondary N) is 1. The molecule has 11 heteroatoms. The van der Waals surface area contributed by atoms with E-state index in [0.717, 1.165) is 31.2 Å². The molecule has 39 heavy (non-hydrogen) atoms. The number of ether oxygens (including phenoxy) is 2. The van der Waals surface area contributed by atoms with E-state index in [2.05, 4.69) is 27.9 Å². The van der Waals surface area contributed by atoms with Crippen molar-refractivity contribution in [2.45, 2.75) is 63.5 Å². The summed E-state index contributed by atoms with van der Waals surface area (Å²) in [7, 11) is 1.48. The number of hydrogen-bond donors (Lipinski definition) is 4. The van der Waals surface area contributed by atoms with Gasteiger partial charge in [-0.1, -0.05) is 12.8 Å². The highest BCUT2D eigenvalue weighted by molar-refractivity contribution is 14.1. The van der Waals surface area contributed by atoms with Crippen LogP contribution in [0.4, 0.5) is 0 Å². The van der Waals surface area contributed by atoms with Crippen molar-refractivity contribution >= 4 is 34.4 Å². The van der Waals surface area contributed by atoms with Crippen LogP contribution in [0, 0.1) is 9.49 Å². The maximum absolute atomic E-state index is 13.8. The molecular formula is C28H35IN2O8. The van der Waals surface area contributed by atoms with Crippen LogP contribution in [0.15, 0.2) is 46.8 Å². The molecule has 3 unspecified atom stereocenters. The minimum atomic E-state index is -1.16. The maximum Gasteiger partial charge on any atom is 0.247 e. The quantitative estimate of drug-likeness (QED) is 0.271. The number of furan rings is 1. The average molecular weight is 654 g/mol. The number of halogens is 1. The summed E-state index contributed by atoms with van der Waals surface area (Å²) >= 11 is 2.07. The SMILES string of the molecule is COc1cc(CO)cc(I)c1OC1C=C(C(=O)NCCO)CC(N(Cc2ccoc2)C(=O)C2CCCC2)C1O. The molecule has 0 radical (unpaired) electrons. The van der Waals surface area contributed by atoms with E-state index < -0.39 is 24.2 Å². The Labute approximate surface area is 241 Å². The van der Waals surface area contributed by atoms with Crippen molar-refractivity contribution in [3.8, 4) is 11.5 Å². The van der Waals surface area contributed by atoms with E-state index >= 15 is 0 Å². The lowest BCUT2D eigenvalue weighted by Gasteiger charge is -2.41. The molecule has 1 aromatic carbocycles. The molecule has 2 aromatic rings. The van der Waals surface area contributed by atoms with E-state index in [1.54, 1.807) is 35.4 Å². The number of hydrogen-bond acceptors (Lipinski definition) is 8. The molecule has 1 fully saturated rings. The molecule has 0 bridgehead atoms. The Balaban J connectivity index is 1.71. The first-order valence-electron chi connectivity index (χ1n) is 13.1. The molecule has 0 saturated heterocycles. The maximum atomic E-state index is 13.8. The third-order valence-electron chi connectivity index (χ3n) is 7.26. The topological polar surface area (TPSA) is 142 Å². The predicted molar refractivity (Wildman–Crippen MR) is 150 cm³/mol. The lowest BCUT2D eigenvalue weighted by molar-refractivity contribution is -0.143. The summed E-state index contributed by atoms with van der Waals surface area (Å²) in [5.74, 6) is 0.122. The number of nitrogens with zero attached hydrogens (tertiary/aromatic N) is 1. The molecule has 1 saturated carbocycles. The average Bonchev–Trinajstić information content (AvgIpc) is 3.67. The van der Waals surface area contributed by atoms with E-state index in [4.69, 9.17) is 13.9 Å². The summed E-state index contributed by atoms with van der Waals surface area (Å²) in [6.07, 6.45) is 6.18. The van der Waals surface area contributed by atoms with Gasteiger partial charge in [-0.2, -0.15) is 0 Å². The first-order valence-corrected chi connectivity index (χ1v) is 14.2. The number of amides is 2. The van der Waals surface area contributed by atoms with Gasteiger partial charge in [-0.15, -0.1) is 0 Å².